The molecule has 2 N–H and O–H groups in total. The van der Waals surface area contributed by atoms with Crippen molar-refractivity contribution in [2.24, 2.45) is 0 Å². The van der Waals surface area contributed by atoms with Crippen LogP contribution in [-0.2, 0) is 0 Å². The summed E-state index contributed by atoms with van der Waals surface area (Å²) in [5.41, 5.74) is 1.58. The number of nitrogens with zero attached hydrogens (tertiary/aromatic N) is 2. The molecule has 1 aromatic rings. The van der Waals surface area contributed by atoms with E-state index >= 15 is 0 Å². The number of hydrogen-bond acceptors (Lipinski definition) is 4. The first-order valence-corrected chi connectivity index (χ1v) is 4.96. The highest BCUT2D eigenvalue weighted by molar-refractivity contribution is 5.55. The van der Waals surface area contributed by atoms with Gasteiger partial charge in [0.1, 0.15) is 11.9 Å². The summed E-state index contributed by atoms with van der Waals surface area (Å²) >= 11 is 0. The summed E-state index contributed by atoms with van der Waals surface area (Å²) in [4.78, 5) is 4.16. The van der Waals surface area contributed by atoms with Gasteiger partial charge in [-0.1, -0.05) is 0 Å². The molecule has 0 spiro atoms. The van der Waals surface area contributed by atoms with Crippen LogP contribution in [0.2, 0.25) is 0 Å². The van der Waals surface area contributed by atoms with E-state index in [2.05, 4.69) is 28.6 Å². The van der Waals surface area contributed by atoms with Crippen molar-refractivity contribution < 1.29 is 0 Å². The Hall–Kier alpha value is -1.60. The summed E-state index contributed by atoms with van der Waals surface area (Å²) in [6, 6.07) is 4.34. The van der Waals surface area contributed by atoms with E-state index in [0.717, 1.165) is 12.1 Å². The van der Waals surface area contributed by atoms with E-state index in [9.17, 15) is 0 Å². The minimum atomic E-state index is 0.346. The van der Waals surface area contributed by atoms with Crippen molar-refractivity contribution >= 4 is 5.82 Å². The Morgan fingerprint density at radius 1 is 1.60 bits per heavy atom. The van der Waals surface area contributed by atoms with Gasteiger partial charge in [-0.3, -0.25) is 0 Å². The Morgan fingerprint density at radius 3 is 2.93 bits per heavy atom. The van der Waals surface area contributed by atoms with Crippen molar-refractivity contribution in [2.45, 2.75) is 19.9 Å². The zero-order chi connectivity index (χ0) is 11.3. The van der Waals surface area contributed by atoms with E-state index < -0.39 is 0 Å². The normalized spacial score (nSPS) is 11.9. The topological polar surface area (TPSA) is 60.7 Å². The summed E-state index contributed by atoms with van der Waals surface area (Å²) in [7, 11) is 1.90. The second kappa shape index (κ2) is 5.32. The molecule has 15 heavy (non-hydrogen) atoms. The highest BCUT2D eigenvalue weighted by Crippen LogP contribution is 2.14. The van der Waals surface area contributed by atoms with Crippen molar-refractivity contribution in [3.63, 3.8) is 0 Å². The Bertz CT molecular complexity index is 367. The fourth-order valence-electron chi connectivity index (χ4n) is 1.19. The van der Waals surface area contributed by atoms with Crippen molar-refractivity contribution in [1.82, 2.24) is 10.3 Å². The summed E-state index contributed by atoms with van der Waals surface area (Å²) < 4.78 is 0. The maximum atomic E-state index is 8.98. The van der Waals surface area contributed by atoms with Crippen LogP contribution < -0.4 is 10.6 Å². The predicted octanol–water partition coefficient (Wildman–Crippen LogP) is 1.28. The van der Waals surface area contributed by atoms with Gasteiger partial charge in [-0.25, -0.2) is 4.98 Å². The summed E-state index contributed by atoms with van der Waals surface area (Å²) in [5.74, 6) is 0.666. The maximum Gasteiger partial charge on any atom is 0.144 e. The smallest absolute Gasteiger partial charge is 0.144 e. The number of hydrogen-bond donors (Lipinski definition) is 2. The van der Waals surface area contributed by atoms with Gasteiger partial charge in [0, 0.05) is 18.8 Å². The lowest BCUT2D eigenvalue weighted by molar-refractivity contribution is 0.637. The number of nitrogens with one attached hydrogen (secondary N) is 2. The Balaban J connectivity index is 2.77. The van der Waals surface area contributed by atoms with Gasteiger partial charge in [0.25, 0.3) is 0 Å². The van der Waals surface area contributed by atoms with Crippen molar-refractivity contribution in [3.05, 3.63) is 23.4 Å². The van der Waals surface area contributed by atoms with Crippen molar-refractivity contribution in [1.29, 1.82) is 5.26 Å². The van der Waals surface area contributed by atoms with Gasteiger partial charge in [0.05, 0.1) is 5.56 Å². The average Bonchev–Trinajstić information content (AvgIpc) is 2.25. The molecule has 0 radical (unpaired) electrons. The zero-order valence-corrected chi connectivity index (χ0v) is 9.33. The van der Waals surface area contributed by atoms with E-state index in [1.54, 1.807) is 6.20 Å². The largest absolute Gasteiger partial charge is 0.367 e. The van der Waals surface area contributed by atoms with Crippen molar-refractivity contribution in [3.8, 4) is 6.07 Å². The molecule has 4 nitrogen and oxygen atoms in total. The van der Waals surface area contributed by atoms with E-state index in [-0.39, 0.29) is 0 Å². The molecule has 0 amide bonds. The minimum Gasteiger partial charge on any atom is -0.367 e. The van der Waals surface area contributed by atoms with Gasteiger partial charge in [-0.05, 0) is 32.5 Å². The summed E-state index contributed by atoms with van der Waals surface area (Å²) in [6.45, 7) is 4.73. The standard InChI is InChI=1S/C11H16N4/c1-8-4-5-14-11(10(8)6-12)15-7-9(2)13-3/h4-5,9,13H,7H2,1-3H3,(H,14,15). The van der Waals surface area contributed by atoms with E-state index in [0.29, 0.717) is 17.4 Å². The average molecular weight is 204 g/mol. The molecule has 0 aliphatic carbocycles. The third-order valence-corrected chi connectivity index (χ3v) is 2.34. The highest BCUT2D eigenvalue weighted by Gasteiger charge is 2.06. The molecule has 0 saturated heterocycles. The van der Waals surface area contributed by atoms with Gasteiger partial charge in [0.15, 0.2) is 0 Å². The van der Waals surface area contributed by atoms with Gasteiger partial charge < -0.3 is 10.6 Å². The molecule has 80 valence electrons. The Labute approximate surface area is 90.3 Å². The lowest BCUT2D eigenvalue weighted by Crippen LogP contribution is -2.29. The SMILES string of the molecule is CNC(C)CNc1nccc(C)c1C#N. The number of pyridine rings is 1. The molecular weight excluding hydrogens is 188 g/mol. The molecule has 0 saturated carbocycles. The van der Waals surface area contributed by atoms with Crippen LogP contribution in [0.15, 0.2) is 12.3 Å². The molecule has 1 rings (SSSR count). The summed E-state index contributed by atoms with van der Waals surface area (Å²) in [5, 5.41) is 15.2. The molecule has 0 aliphatic heterocycles. The Kier molecular flexibility index (Phi) is 4.07. The number of rotatable bonds is 4. The van der Waals surface area contributed by atoms with Gasteiger partial charge >= 0.3 is 0 Å². The molecule has 1 aromatic heterocycles. The Morgan fingerprint density at radius 2 is 2.33 bits per heavy atom. The summed E-state index contributed by atoms with van der Waals surface area (Å²) in [6.07, 6.45) is 1.71. The molecule has 0 aliphatic rings. The lowest BCUT2D eigenvalue weighted by Gasteiger charge is -2.13. The predicted molar refractivity (Wildman–Crippen MR) is 60.7 cm³/mol. The number of aryl methyl sites for hydroxylation is 1. The van der Waals surface area contributed by atoms with Crippen LogP contribution in [0.3, 0.4) is 0 Å². The number of anilines is 1. The van der Waals surface area contributed by atoms with Crippen LogP contribution >= 0.6 is 0 Å². The number of aromatic nitrogens is 1. The molecular formula is C11H16N4. The molecule has 0 aromatic carbocycles. The molecule has 1 heterocycles. The maximum absolute atomic E-state index is 8.98. The number of likely N-dealkylation sites (N-methyl/N-ethyl adjacent to an activating group) is 1. The zero-order valence-electron chi connectivity index (χ0n) is 9.33. The third kappa shape index (κ3) is 2.93. The quantitative estimate of drug-likeness (QED) is 0.775. The van der Waals surface area contributed by atoms with E-state index in [4.69, 9.17) is 5.26 Å². The molecule has 4 heteroatoms. The van der Waals surface area contributed by atoms with Gasteiger partial charge in [-0.15, -0.1) is 0 Å². The van der Waals surface area contributed by atoms with Crippen LogP contribution in [0.5, 0.6) is 0 Å². The second-order valence-electron chi connectivity index (χ2n) is 3.53. The minimum absolute atomic E-state index is 0.346. The fraction of sp³-hybridized carbons (Fsp3) is 0.455. The molecule has 1 unspecified atom stereocenters. The first-order chi connectivity index (χ1) is 7.19. The van der Waals surface area contributed by atoms with Crippen LogP contribution in [0.25, 0.3) is 0 Å². The molecule has 0 fully saturated rings. The first-order valence-electron chi connectivity index (χ1n) is 4.96. The highest BCUT2D eigenvalue weighted by atomic mass is 15.0. The van der Waals surface area contributed by atoms with Crippen LogP contribution in [0, 0.1) is 18.3 Å². The van der Waals surface area contributed by atoms with Gasteiger partial charge in [0.2, 0.25) is 0 Å². The van der Waals surface area contributed by atoms with E-state index in [1.807, 2.05) is 20.0 Å². The van der Waals surface area contributed by atoms with Gasteiger partial charge in [-0.2, -0.15) is 5.26 Å². The van der Waals surface area contributed by atoms with Crippen LogP contribution in [0.4, 0.5) is 5.82 Å². The first kappa shape index (κ1) is 11.5. The number of nitriles is 1. The van der Waals surface area contributed by atoms with Crippen LogP contribution in [0.1, 0.15) is 18.1 Å². The van der Waals surface area contributed by atoms with Crippen LogP contribution in [-0.4, -0.2) is 24.6 Å². The molecule has 1 atom stereocenters. The van der Waals surface area contributed by atoms with E-state index in [1.165, 1.54) is 0 Å². The molecule has 0 bridgehead atoms. The second-order valence-corrected chi connectivity index (χ2v) is 3.53. The van der Waals surface area contributed by atoms with Crippen molar-refractivity contribution in [2.75, 3.05) is 18.9 Å². The monoisotopic (exact) mass is 204 g/mol. The fourth-order valence-corrected chi connectivity index (χ4v) is 1.19. The lowest BCUT2D eigenvalue weighted by atomic mass is 10.1. The third-order valence-electron chi connectivity index (χ3n) is 2.34.